The molecular weight excluding hydrogens is 207 g/mol. The molecule has 2 N–H and O–H groups in total. The first kappa shape index (κ1) is 11.5. The SMILES string of the molecule is CCCn1nncc1C1(F)CCCC(N)C1. The van der Waals surface area contributed by atoms with Crippen molar-refractivity contribution in [3.63, 3.8) is 0 Å². The van der Waals surface area contributed by atoms with Gasteiger partial charge < -0.3 is 5.73 Å². The highest BCUT2D eigenvalue weighted by atomic mass is 19.1. The number of hydrogen-bond acceptors (Lipinski definition) is 3. The van der Waals surface area contributed by atoms with Gasteiger partial charge in [-0.15, -0.1) is 5.10 Å². The van der Waals surface area contributed by atoms with Gasteiger partial charge in [0.15, 0.2) is 5.67 Å². The predicted octanol–water partition coefficient (Wildman–Crippen LogP) is 1.75. The average Bonchev–Trinajstić information content (AvgIpc) is 2.67. The molecule has 0 saturated heterocycles. The molecule has 1 aliphatic rings. The maximum atomic E-state index is 14.8. The van der Waals surface area contributed by atoms with Gasteiger partial charge in [-0.05, 0) is 25.7 Å². The zero-order valence-electron chi connectivity index (χ0n) is 9.69. The zero-order chi connectivity index (χ0) is 11.6. The van der Waals surface area contributed by atoms with Crippen LogP contribution in [0.25, 0.3) is 0 Å². The quantitative estimate of drug-likeness (QED) is 0.854. The molecule has 0 aromatic carbocycles. The number of halogens is 1. The van der Waals surface area contributed by atoms with Gasteiger partial charge >= 0.3 is 0 Å². The first-order valence-corrected chi connectivity index (χ1v) is 5.99. The summed E-state index contributed by atoms with van der Waals surface area (Å²) in [7, 11) is 0. The van der Waals surface area contributed by atoms with Crippen LogP contribution in [0.2, 0.25) is 0 Å². The Kier molecular flexibility index (Phi) is 3.23. The van der Waals surface area contributed by atoms with Gasteiger partial charge in [0.2, 0.25) is 0 Å². The molecule has 0 spiro atoms. The molecule has 0 bridgehead atoms. The lowest BCUT2D eigenvalue weighted by atomic mass is 9.81. The minimum Gasteiger partial charge on any atom is -0.328 e. The Balaban J connectivity index is 2.23. The standard InChI is InChI=1S/C11H19FN4/c1-2-6-16-10(8-14-15-16)11(12)5-3-4-9(13)7-11/h8-9H,2-7,13H2,1H3. The van der Waals surface area contributed by atoms with Crippen molar-refractivity contribution >= 4 is 0 Å². The van der Waals surface area contributed by atoms with E-state index >= 15 is 0 Å². The van der Waals surface area contributed by atoms with E-state index in [0.717, 1.165) is 25.8 Å². The summed E-state index contributed by atoms with van der Waals surface area (Å²) in [6.45, 7) is 2.76. The summed E-state index contributed by atoms with van der Waals surface area (Å²) in [5.41, 5.74) is 5.13. The number of alkyl halides is 1. The third-order valence-corrected chi connectivity index (χ3v) is 3.25. The van der Waals surface area contributed by atoms with E-state index in [1.165, 1.54) is 0 Å². The number of hydrogen-bond donors (Lipinski definition) is 1. The minimum atomic E-state index is -1.32. The Labute approximate surface area is 95.0 Å². The molecule has 90 valence electrons. The van der Waals surface area contributed by atoms with Crippen molar-refractivity contribution in [3.8, 4) is 0 Å². The van der Waals surface area contributed by atoms with E-state index in [4.69, 9.17) is 5.73 Å². The molecule has 2 atom stereocenters. The van der Waals surface area contributed by atoms with Crippen LogP contribution >= 0.6 is 0 Å². The van der Waals surface area contributed by atoms with Crippen LogP contribution in [0, 0.1) is 0 Å². The Hall–Kier alpha value is -0.970. The fourth-order valence-electron chi connectivity index (χ4n) is 2.48. The summed E-state index contributed by atoms with van der Waals surface area (Å²) in [5, 5.41) is 7.76. The first-order chi connectivity index (χ1) is 7.65. The molecule has 1 saturated carbocycles. The number of nitrogens with zero attached hydrogens (tertiary/aromatic N) is 3. The van der Waals surface area contributed by atoms with E-state index in [2.05, 4.69) is 10.3 Å². The Morgan fingerprint density at radius 1 is 1.69 bits per heavy atom. The summed E-state index contributed by atoms with van der Waals surface area (Å²) in [4.78, 5) is 0. The van der Waals surface area contributed by atoms with E-state index in [-0.39, 0.29) is 6.04 Å². The number of aryl methyl sites for hydroxylation is 1. The highest BCUT2D eigenvalue weighted by Crippen LogP contribution is 2.39. The highest BCUT2D eigenvalue weighted by molar-refractivity contribution is 5.11. The second kappa shape index (κ2) is 4.49. The lowest BCUT2D eigenvalue weighted by Crippen LogP contribution is -2.37. The van der Waals surface area contributed by atoms with E-state index in [1.807, 2.05) is 6.92 Å². The van der Waals surface area contributed by atoms with E-state index < -0.39 is 5.67 Å². The summed E-state index contributed by atoms with van der Waals surface area (Å²) >= 11 is 0. The zero-order valence-corrected chi connectivity index (χ0v) is 9.69. The molecule has 0 amide bonds. The molecule has 1 aliphatic carbocycles. The first-order valence-electron chi connectivity index (χ1n) is 5.99. The average molecular weight is 226 g/mol. The van der Waals surface area contributed by atoms with Crippen LogP contribution in [0.5, 0.6) is 0 Å². The lowest BCUT2D eigenvalue weighted by molar-refractivity contribution is 0.0838. The molecule has 1 fully saturated rings. The fourth-order valence-corrected chi connectivity index (χ4v) is 2.48. The smallest absolute Gasteiger partial charge is 0.155 e. The van der Waals surface area contributed by atoms with Crippen LogP contribution in [-0.4, -0.2) is 21.0 Å². The minimum absolute atomic E-state index is 0.0382. The van der Waals surface area contributed by atoms with Crippen molar-refractivity contribution in [2.75, 3.05) is 0 Å². The number of rotatable bonds is 3. The molecule has 1 aromatic heterocycles. The van der Waals surface area contributed by atoms with E-state index in [1.54, 1.807) is 10.9 Å². The molecular formula is C11H19FN4. The van der Waals surface area contributed by atoms with Crippen molar-refractivity contribution in [2.24, 2.45) is 5.73 Å². The number of aromatic nitrogens is 3. The fraction of sp³-hybridized carbons (Fsp3) is 0.818. The summed E-state index contributed by atoms with van der Waals surface area (Å²) in [6, 6.07) is -0.0382. The molecule has 5 heteroatoms. The third kappa shape index (κ3) is 2.09. The second-order valence-electron chi connectivity index (χ2n) is 4.66. The monoisotopic (exact) mass is 226 g/mol. The molecule has 16 heavy (non-hydrogen) atoms. The van der Waals surface area contributed by atoms with Crippen LogP contribution in [0.1, 0.15) is 44.7 Å². The topological polar surface area (TPSA) is 56.7 Å². The van der Waals surface area contributed by atoms with E-state index in [0.29, 0.717) is 18.5 Å². The van der Waals surface area contributed by atoms with Crippen LogP contribution < -0.4 is 5.73 Å². The molecule has 1 aromatic rings. The second-order valence-corrected chi connectivity index (χ2v) is 4.66. The van der Waals surface area contributed by atoms with Crippen LogP contribution in [0.15, 0.2) is 6.20 Å². The van der Waals surface area contributed by atoms with E-state index in [9.17, 15) is 4.39 Å². The molecule has 2 unspecified atom stereocenters. The van der Waals surface area contributed by atoms with Crippen LogP contribution in [-0.2, 0) is 12.2 Å². The highest BCUT2D eigenvalue weighted by Gasteiger charge is 2.39. The maximum Gasteiger partial charge on any atom is 0.155 e. The Morgan fingerprint density at radius 3 is 3.19 bits per heavy atom. The predicted molar refractivity (Wildman–Crippen MR) is 59.5 cm³/mol. The molecule has 2 rings (SSSR count). The van der Waals surface area contributed by atoms with Crippen molar-refractivity contribution < 1.29 is 4.39 Å². The van der Waals surface area contributed by atoms with Crippen molar-refractivity contribution in [2.45, 2.75) is 57.3 Å². The van der Waals surface area contributed by atoms with Gasteiger partial charge in [0, 0.05) is 19.0 Å². The Bertz CT molecular complexity index is 352. The summed E-state index contributed by atoms with van der Waals surface area (Å²) in [5.74, 6) is 0. The third-order valence-electron chi connectivity index (χ3n) is 3.25. The molecule has 0 aliphatic heterocycles. The van der Waals surface area contributed by atoms with Crippen molar-refractivity contribution in [3.05, 3.63) is 11.9 Å². The Morgan fingerprint density at radius 2 is 2.50 bits per heavy atom. The van der Waals surface area contributed by atoms with Gasteiger partial charge in [-0.3, -0.25) is 0 Å². The van der Waals surface area contributed by atoms with Crippen molar-refractivity contribution in [1.82, 2.24) is 15.0 Å². The van der Waals surface area contributed by atoms with Gasteiger partial charge in [0.1, 0.15) is 0 Å². The molecule has 4 nitrogen and oxygen atoms in total. The normalized spacial score (nSPS) is 30.6. The summed E-state index contributed by atoms with van der Waals surface area (Å²) < 4.78 is 16.5. The maximum absolute atomic E-state index is 14.8. The van der Waals surface area contributed by atoms with Gasteiger partial charge in [-0.25, -0.2) is 9.07 Å². The van der Waals surface area contributed by atoms with Gasteiger partial charge in [-0.2, -0.15) is 0 Å². The molecule has 0 radical (unpaired) electrons. The van der Waals surface area contributed by atoms with Gasteiger partial charge in [0.25, 0.3) is 0 Å². The van der Waals surface area contributed by atoms with Crippen LogP contribution in [0.3, 0.4) is 0 Å². The summed E-state index contributed by atoms with van der Waals surface area (Å²) in [6.07, 6.45) is 5.17. The molecule has 1 heterocycles. The lowest BCUT2D eigenvalue weighted by Gasteiger charge is -2.32. The van der Waals surface area contributed by atoms with Gasteiger partial charge in [-0.1, -0.05) is 12.1 Å². The van der Waals surface area contributed by atoms with Gasteiger partial charge in [0.05, 0.1) is 11.9 Å². The van der Waals surface area contributed by atoms with Crippen LogP contribution in [0.4, 0.5) is 4.39 Å². The van der Waals surface area contributed by atoms with Crippen molar-refractivity contribution in [1.29, 1.82) is 0 Å². The number of nitrogens with two attached hydrogens (primary N) is 1. The largest absolute Gasteiger partial charge is 0.328 e.